The minimum Gasteiger partial charge on any atom is -0.466 e. The van der Waals surface area contributed by atoms with Crippen molar-refractivity contribution in [2.45, 2.75) is 12.5 Å². The van der Waals surface area contributed by atoms with Gasteiger partial charge in [0.1, 0.15) is 11.4 Å². The Balaban J connectivity index is 1.55. The Morgan fingerprint density at radius 1 is 1.04 bits per heavy atom. The van der Waals surface area contributed by atoms with Crippen LogP contribution in [0.2, 0.25) is 0 Å². The highest BCUT2D eigenvalue weighted by molar-refractivity contribution is 6.22. The third kappa shape index (κ3) is 2.62. The van der Waals surface area contributed by atoms with E-state index in [0.29, 0.717) is 22.5 Å². The predicted octanol–water partition coefficient (Wildman–Crippen LogP) is 3.13. The first-order chi connectivity index (χ1) is 12.5. The van der Waals surface area contributed by atoms with Crippen LogP contribution >= 0.6 is 0 Å². The minimum absolute atomic E-state index is 0.00932. The van der Waals surface area contributed by atoms with E-state index >= 15 is 0 Å². The first-order valence-electron chi connectivity index (χ1n) is 8.30. The van der Waals surface area contributed by atoms with Crippen LogP contribution in [0.1, 0.15) is 39.0 Å². The number of furan rings is 1. The zero-order valence-corrected chi connectivity index (χ0v) is 14.2. The Morgan fingerprint density at radius 2 is 1.77 bits per heavy atom. The maximum atomic E-state index is 12.6. The Hall–Kier alpha value is -3.18. The second kappa shape index (κ2) is 5.97. The van der Waals surface area contributed by atoms with Gasteiger partial charge in [-0.05, 0) is 42.3 Å². The van der Waals surface area contributed by atoms with Crippen LogP contribution in [0, 0.1) is 0 Å². The molecule has 3 aromatic rings. The number of ketones is 1. The highest BCUT2D eigenvalue weighted by Crippen LogP contribution is 2.36. The Morgan fingerprint density at radius 3 is 2.50 bits per heavy atom. The number of amides is 1. The first kappa shape index (κ1) is 16.3. The molecule has 26 heavy (non-hydrogen) atoms. The fourth-order valence-corrected chi connectivity index (χ4v) is 3.20. The summed E-state index contributed by atoms with van der Waals surface area (Å²) in [6, 6.07) is 15.8. The van der Waals surface area contributed by atoms with Crippen molar-refractivity contribution in [3.63, 3.8) is 0 Å². The van der Waals surface area contributed by atoms with Gasteiger partial charge in [-0.15, -0.1) is 0 Å². The molecule has 1 aliphatic carbocycles. The molecule has 1 amide bonds. The van der Waals surface area contributed by atoms with Crippen LogP contribution in [0.3, 0.4) is 0 Å². The number of aliphatic hydroxyl groups is 1. The van der Waals surface area contributed by atoms with Gasteiger partial charge in [0.2, 0.25) is 0 Å². The lowest BCUT2D eigenvalue weighted by Gasteiger charge is -2.21. The number of nitrogens with one attached hydrogen (secondary N) is 1. The van der Waals surface area contributed by atoms with Crippen LogP contribution < -0.4 is 5.32 Å². The monoisotopic (exact) mass is 347 g/mol. The van der Waals surface area contributed by atoms with Crippen molar-refractivity contribution in [2.75, 3.05) is 6.54 Å². The molecule has 0 fully saturated rings. The van der Waals surface area contributed by atoms with E-state index in [1.807, 2.05) is 18.2 Å². The lowest BCUT2D eigenvalue weighted by molar-refractivity contribution is 0.0330. The quantitative estimate of drug-likeness (QED) is 0.594. The summed E-state index contributed by atoms with van der Waals surface area (Å²) in [5.41, 5.74) is 1.96. The van der Waals surface area contributed by atoms with Crippen molar-refractivity contribution >= 4 is 11.7 Å². The van der Waals surface area contributed by atoms with E-state index in [-0.39, 0.29) is 18.2 Å². The van der Waals surface area contributed by atoms with Gasteiger partial charge in [-0.2, -0.15) is 0 Å². The fourth-order valence-electron chi connectivity index (χ4n) is 3.20. The van der Waals surface area contributed by atoms with E-state index in [4.69, 9.17) is 4.42 Å². The normalized spacial score (nSPS) is 14.5. The lowest BCUT2D eigenvalue weighted by Crippen LogP contribution is -2.38. The molecule has 0 bridgehead atoms. The van der Waals surface area contributed by atoms with Crippen LogP contribution in [0.25, 0.3) is 11.1 Å². The molecule has 0 saturated heterocycles. The van der Waals surface area contributed by atoms with Gasteiger partial charge in [-0.3, -0.25) is 9.59 Å². The molecule has 4 rings (SSSR count). The molecule has 5 nitrogen and oxygen atoms in total. The molecule has 2 aromatic carbocycles. The Bertz CT molecular complexity index is 1000. The molecule has 1 unspecified atom stereocenters. The van der Waals surface area contributed by atoms with Gasteiger partial charge in [-0.25, -0.2) is 0 Å². The molecular formula is C21H17NO4. The zero-order valence-electron chi connectivity index (χ0n) is 14.2. The van der Waals surface area contributed by atoms with E-state index in [0.717, 1.165) is 11.1 Å². The van der Waals surface area contributed by atoms with Crippen molar-refractivity contribution in [1.29, 1.82) is 0 Å². The average Bonchev–Trinajstić information content (AvgIpc) is 3.29. The van der Waals surface area contributed by atoms with Gasteiger partial charge in [-0.1, -0.05) is 30.3 Å². The molecule has 1 heterocycles. The molecule has 0 saturated carbocycles. The van der Waals surface area contributed by atoms with Gasteiger partial charge < -0.3 is 14.8 Å². The van der Waals surface area contributed by atoms with E-state index in [1.165, 1.54) is 6.26 Å². The molecule has 0 spiro atoms. The SMILES string of the molecule is CC(O)(CNC(=O)c1ccc2c(c1)C(=O)c1ccccc1-2)c1ccco1. The number of carbonyl (C=O) groups excluding carboxylic acids is 2. The summed E-state index contributed by atoms with van der Waals surface area (Å²) in [4.78, 5) is 25.0. The molecule has 0 aliphatic heterocycles. The minimum atomic E-state index is -1.32. The largest absolute Gasteiger partial charge is 0.466 e. The summed E-state index contributed by atoms with van der Waals surface area (Å²) in [5, 5.41) is 13.1. The number of rotatable bonds is 4. The van der Waals surface area contributed by atoms with Gasteiger partial charge in [0, 0.05) is 16.7 Å². The molecule has 1 atom stereocenters. The van der Waals surface area contributed by atoms with Crippen LogP contribution in [0.15, 0.2) is 65.3 Å². The van der Waals surface area contributed by atoms with Crippen molar-refractivity contribution in [3.05, 3.63) is 83.3 Å². The standard InChI is InChI=1S/C21H17NO4/c1-21(25,18-7-4-10-26-18)12-22-20(24)13-8-9-15-14-5-2-3-6-16(14)19(23)17(15)11-13/h2-11,25H,12H2,1H3,(H,22,24). The van der Waals surface area contributed by atoms with E-state index < -0.39 is 5.60 Å². The molecular weight excluding hydrogens is 330 g/mol. The lowest BCUT2D eigenvalue weighted by atomic mass is 10.0. The third-order valence-electron chi connectivity index (χ3n) is 4.63. The summed E-state index contributed by atoms with van der Waals surface area (Å²) in [6.45, 7) is 1.56. The second-order valence-corrected chi connectivity index (χ2v) is 6.57. The summed E-state index contributed by atoms with van der Waals surface area (Å²) >= 11 is 0. The van der Waals surface area contributed by atoms with E-state index in [2.05, 4.69) is 5.32 Å². The van der Waals surface area contributed by atoms with Gasteiger partial charge >= 0.3 is 0 Å². The third-order valence-corrected chi connectivity index (χ3v) is 4.63. The van der Waals surface area contributed by atoms with Crippen molar-refractivity contribution in [3.8, 4) is 11.1 Å². The van der Waals surface area contributed by atoms with E-state index in [9.17, 15) is 14.7 Å². The Kier molecular flexibility index (Phi) is 3.74. The molecule has 1 aliphatic rings. The fraction of sp³-hybridized carbons (Fsp3) is 0.143. The number of benzene rings is 2. The smallest absolute Gasteiger partial charge is 0.251 e. The van der Waals surface area contributed by atoms with E-state index in [1.54, 1.807) is 43.3 Å². The topological polar surface area (TPSA) is 79.5 Å². The molecule has 5 heteroatoms. The number of hydrogen-bond acceptors (Lipinski definition) is 4. The second-order valence-electron chi connectivity index (χ2n) is 6.57. The van der Waals surface area contributed by atoms with Gasteiger partial charge in [0.25, 0.3) is 5.91 Å². The maximum absolute atomic E-state index is 12.6. The Labute approximate surface area is 150 Å². The molecule has 0 radical (unpaired) electrons. The van der Waals surface area contributed by atoms with Gasteiger partial charge in [0.05, 0.1) is 12.8 Å². The van der Waals surface area contributed by atoms with Gasteiger partial charge in [0.15, 0.2) is 5.78 Å². The van der Waals surface area contributed by atoms with Crippen molar-refractivity contribution < 1.29 is 19.1 Å². The molecule has 130 valence electrons. The average molecular weight is 347 g/mol. The summed E-state index contributed by atoms with van der Waals surface area (Å²) in [6.07, 6.45) is 1.47. The van der Waals surface area contributed by atoms with Crippen LogP contribution in [-0.4, -0.2) is 23.3 Å². The summed E-state index contributed by atoms with van der Waals surface area (Å²) in [5.74, 6) is -0.0615. The number of carbonyl (C=O) groups is 2. The highest BCUT2D eigenvalue weighted by atomic mass is 16.4. The van der Waals surface area contributed by atoms with Crippen LogP contribution in [0.5, 0.6) is 0 Å². The summed E-state index contributed by atoms with van der Waals surface area (Å²) in [7, 11) is 0. The van der Waals surface area contributed by atoms with Crippen LogP contribution in [-0.2, 0) is 5.60 Å². The number of fused-ring (bicyclic) bond motifs is 3. The molecule has 1 aromatic heterocycles. The molecule has 2 N–H and O–H groups in total. The summed E-state index contributed by atoms with van der Waals surface area (Å²) < 4.78 is 5.20. The first-order valence-corrected chi connectivity index (χ1v) is 8.30. The zero-order chi connectivity index (χ0) is 18.3. The van der Waals surface area contributed by atoms with Crippen molar-refractivity contribution in [1.82, 2.24) is 5.32 Å². The highest BCUT2D eigenvalue weighted by Gasteiger charge is 2.29. The predicted molar refractivity (Wildman–Crippen MR) is 95.9 cm³/mol. The maximum Gasteiger partial charge on any atom is 0.251 e. The number of hydrogen-bond donors (Lipinski definition) is 2. The van der Waals surface area contributed by atoms with Crippen LogP contribution in [0.4, 0.5) is 0 Å². The van der Waals surface area contributed by atoms with Crippen molar-refractivity contribution in [2.24, 2.45) is 0 Å².